The van der Waals surface area contributed by atoms with E-state index in [1.807, 2.05) is 18.7 Å². The molecule has 2 aromatic rings. The summed E-state index contributed by atoms with van der Waals surface area (Å²) < 4.78 is 44.9. The van der Waals surface area contributed by atoms with Crippen molar-refractivity contribution in [2.24, 2.45) is 0 Å². The zero-order valence-corrected chi connectivity index (χ0v) is 16.6. The summed E-state index contributed by atoms with van der Waals surface area (Å²) in [6.45, 7) is 4.30. The number of anilines is 3. The highest BCUT2D eigenvalue weighted by Gasteiger charge is 2.32. The number of hydrogen-bond donors (Lipinski definition) is 1. The van der Waals surface area contributed by atoms with Gasteiger partial charge in [0.25, 0.3) is 5.91 Å². The fourth-order valence-electron chi connectivity index (χ4n) is 3.31. The largest absolute Gasteiger partial charge is 0.482 e. The predicted molar refractivity (Wildman–Crippen MR) is 108 cm³/mol. The average Bonchev–Trinajstić information content (AvgIpc) is 2.71. The first kappa shape index (κ1) is 21.5. The van der Waals surface area contributed by atoms with Gasteiger partial charge in [0.05, 0.1) is 22.6 Å². The number of para-hydroxylation sites is 2. The van der Waals surface area contributed by atoms with Gasteiger partial charge in [0.2, 0.25) is 5.91 Å². The van der Waals surface area contributed by atoms with Crippen LogP contribution in [-0.4, -0.2) is 38.1 Å². The van der Waals surface area contributed by atoms with Crippen LogP contribution in [0.5, 0.6) is 5.75 Å². The maximum atomic E-state index is 13.2. The summed E-state index contributed by atoms with van der Waals surface area (Å²) in [5.74, 6) is -0.544. The number of rotatable bonds is 6. The lowest BCUT2D eigenvalue weighted by molar-refractivity contribution is -0.137. The van der Waals surface area contributed by atoms with Gasteiger partial charge in [0.15, 0.2) is 6.61 Å². The van der Waals surface area contributed by atoms with E-state index < -0.39 is 23.6 Å². The molecule has 0 aliphatic carbocycles. The third kappa shape index (κ3) is 4.50. The molecular formula is C21H22F3N3O3. The SMILES string of the molecule is CCN(CC)c1ccc(C(F)(F)F)cc1NC(=O)CN1C(=O)COc2ccccc21. The molecule has 160 valence electrons. The maximum Gasteiger partial charge on any atom is 0.416 e. The monoisotopic (exact) mass is 421 g/mol. The molecule has 0 unspecified atom stereocenters. The standard InChI is InChI=1S/C21H22F3N3O3/c1-3-26(4-2)16-10-9-14(21(22,23)24)11-15(16)25-19(28)12-27-17-7-5-6-8-18(17)30-13-20(27)29/h5-11H,3-4,12-13H2,1-2H3,(H,25,28). The van der Waals surface area contributed by atoms with Crippen LogP contribution in [0.2, 0.25) is 0 Å². The molecule has 0 saturated heterocycles. The van der Waals surface area contributed by atoms with Crippen LogP contribution in [0.15, 0.2) is 42.5 Å². The fourth-order valence-corrected chi connectivity index (χ4v) is 3.31. The number of nitrogens with zero attached hydrogens (tertiary/aromatic N) is 2. The molecular weight excluding hydrogens is 399 g/mol. The van der Waals surface area contributed by atoms with Crippen molar-refractivity contribution in [3.05, 3.63) is 48.0 Å². The lowest BCUT2D eigenvalue weighted by Crippen LogP contribution is -2.43. The Balaban J connectivity index is 1.88. The molecule has 2 amide bonds. The van der Waals surface area contributed by atoms with Crippen molar-refractivity contribution in [2.45, 2.75) is 20.0 Å². The van der Waals surface area contributed by atoms with Gasteiger partial charge in [-0.2, -0.15) is 13.2 Å². The minimum Gasteiger partial charge on any atom is -0.482 e. The van der Waals surface area contributed by atoms with E-state index in [2.05, 4.69) is 5.32 Å². The summed E-state index contributed by atoms with van der Waals surface area (Å²) in [5, 5.41) is 2.56. The lowest BCUT2D eigenvalue weighted by atomic mass is 10.1. The molecule has 6 nitrogen and oxygen atoms in total. The molecule has 0 spiro atoms. The van der Waals surface area contributed by atoms with Crippen LogP contribution in [0, 0.1) is 0 Å². The van der Waals surface area contributed by atoms with Gasteiger partial charge in [-0.1, -0.05) is 12.1 Å². The number of fused-ring (bicyclic) bond motifs is 1. The smallest absolute Gasteiger partial charge is 0.416 e. The molecule has 30 heavy (non-hydrogen) atoms. The van der Waals surface area contributed by atoms with Crippen molar-refractivity contribution < 1.29 is 27.5 Å². The van der Waals surface area contributed by atoms with Crippen LogP contribution in [0.3, 0.4) is 0 Å². The number of nitrogens with one attached hydrogen (secondary N) is 1. The van der Waals surface area contributed by atoms with E-state index in [4.69, 9.17) is 4.74 Å². The highest BCUT2D eigenvalue weighted by Crippen LogP contribution is 2.36. The van der Waals surface area contributed by atoms with E-state index in [-0.39, 0.29) is 18.8 Å². The molecule has 1 heterocycles. The van der Waals surface area contributed by atoms with E-state index >= 15 is 0 Å². The molecule has 0 atom stereocenters. The van der Waals surface area contributed by atoms with E-state index in [9.17, 15) is 22.8 Å². The third-order valence-electron chi connectivity index (χ3n) is 4.81. The second-order valence-electron chi connectivity index (χ2n) is 6.69. The minimum atomic E-state index is -4.54. The van der Waals surface area contributed by atoms with Gasteiger partial charge in [0, 0.05) is 13.1 Å². The first-order chi connectivity index (χ1) is 14.2. The number of hydrogen-bond acceptors (Lipinski definition) is 4. The van der Waals surface area contributed by atoms with Crippen LogP contribution in [0.25, 0.3) is 0 Å². The molecule has 2 aromatic carbocycles. The van der Waals surface area contributed by atoms with Gasteiger partial charge in [0.1, 0.15) is 12.3 Å². The number of carbonyl (C=O) groups is 2. The number of alkyl halides is 3. The predicted octanol–water partition coefficient (Wildman–Crippen LogP) is 3.92. The zero-order valence-electron chi connectivity index (χ0n) is 16.6. The highest BCUT2D eigenvalue weighted by molar-refractivity contribution is 6.05. The van der Waals surface area contributed by atoms with Crippen LogP contribution >= 0.6 is 0 Å². The van der Waals surface area contributed by atoms with Gasteiger partial charge < -0.3 is 15.0 Å². The molecule has 0 fully saturated rings. The molecule has 0 radical (unpaired) electrons. The Morgan fingerprint density at radius 2 is 1.87 bits per heavy atom. The Morgan fingerprint density at radius 1 is 1.17 bits per heavy atom. The Kier molecular flexibility index (Phi) is 6.19. The van der Waals surface area contributed by atoms with Gasteiger partial charge in [-0.25, -0.2) is 0 Å². The molecule has 9 heteroatoms. The molecule has 0 saturated carbocycles. The second kappa shape index (κ2) is 8.64. The first-order valence-corrected chi connectivity index (χ1v) is 9.52. The lowest BCUT2D eigenvalue weighted by Gasteiger charge is -2.29. The number of halogens is 3. The summed E-state index contributed by atoms with van der Waals surface area (Å²) in [6, 6.07) is 10.0. The van der Waals surface area contributed by atoms with Crippen molar-refractivity contribution in [3.8, 4) is 5.75 Å². The van der Waals surface area contributed by atoms with Crippen LogP contribution in [-0.2, 0) is 15.8 Å². The van der Waals surface area contributed by atoms with E-state index in [0.29, 0.717) is 30.2 Å². The van der Waals surface area contributed by atoms with Crippen molar-refractivity contribution in [1.29, 1.82) is 0 Å². The van der Waals surface area contributed by atoms with Crippen molar-refractivity contribution in [2.75, 3.05) is 41.4 Å². The normalized spacial score (nSPS) is 13.5. The maximum absolute atomic E-state index is 13.2. The number of benzene rings is 2. The van der Waals surface area contributed by atoms with Crippen molar-refractivity contribution >= 4 is 28.9 Å². The molecule has 0 aromatic heterocycles. The molecule has 0 bridgehead atoms. The Labute approximate surface area is 172 Å². The molecule has 3 rings (SSSR count). The van der Waals surface area contributed by atoms with Gasteiger partial charge in [-0.15, -0.1) is 0 Å². The molecule has 1 aliphatic heterocycles. The van der Waals surface area contributed by atoms with Gasteiger partial charge in [-0.05, 0) is 44.2 Å². The third-order valence-corrected chi connectivity index (χ3v) is 4.81. The van der Waals surface area contributed by atoms with E-state index in [1.54, 1.807) is 24.3 Å². The van der Waals surface area contributed by atoms with Gasteiger partial charge in [-0.3, -0.25) is 14.5 Å². The first-order valence-electron chi connectivity index (χ1n) is 9.52. The summed E-state index contributed by atoms with van der Waals surface area (Å²) in [7, 11) is 0. The summed E-state index contributed by atoms with van der Waals surface area (Å²) in [4.78, 5) is 28.1. The van der Waals surface area contributed by atoms with E-state index in [0.717, 1.165) is 12.1 Å². The van der Waals surface area contributed by atoms with Crippen LogP contribution < -0.4 is 19.9 Å². The number of carbonyl (C=O) groups excluding carboxylic acids is 2. The van der Waals surface area contributed by atoms with Crippen molar-refractivity contribution in [1.82, 2.24) is 0 Å². The Bertz CT molecular complexity index is 943. The topological polar surface area (TPSA) is 61.9 Å². The Hall–Kier alpha value is -3.23. The molecule has 1 N–H and O–H groups in total. The van der Waals surface area contributed by atoms with E-state index in [1.165, 1.54) is 11.0 Å². The number of amides is 2. The van der Waals surface area contributed by atoms with Crippen LogP contribution in [0.4, 0.5) is 30.2 Å². The average molecular weight is 421 g/mol. The summed E-state index contributed by atoms with van der Waals surface area (Å²) in [5.41, 5.74) is 0.112. The van der Waals surface area contributed by atoms with Crippen LogP contribution in [0.1, 0.15) is 19.4 Å². The van der Waals surface area contributed by atoms with Crippen molar-refractivity contribution in [3.63, 3.8) is 0 Å². The number of ether oxygens (including phenoxy) is 1. The molecule has 1 aliphatic rings. The quantitative estimate of drug-likeness (QED) is 0.768. The summed E-state index contributed by atoms with van der Waals surface area (Å²) >= 11 is 0. The Morgan fingerprint density at radius 3 is 2.53 bits per heavy atom. The second-order valence-corrected chi connectivity index (χ2v) is 6.69. The minimum absolute atomic E-state index is 0.0486. The fraction of sp³-hybridized carbons (Fsp3) is 0.333. The highest BCUT2D eigenvalue weighted by atomic mass is 19.4. The zero-order chi connectivity index (χ0) is 21.9. The summed E-state index contributed by atoms with van der Waals surface area (Å²) in [6.07, 6.45) is -4.54. The van der Waals surface area contributed by atoms with Gasteiger partial charge >= 0.3 is 6.18 Å².